The molecule has 1 aromatic rings. The molecule has 1 aliphatic rings. The van der Waals surface area contributed by atoms with Crippen LogP contribution in [0.15, 0.2) is 22.8 Å². The van der Waals surface area contributed by atoms with Gasteiger partial charge in [0.1, 0.15) is 0 Å². The molecule has 1 atom stereocenters. The van der Waals surface area contributed by atoms with Crippen LogP contribution in [0.5, 0.6) is 0 Å². The molecular formula is C11H15O5PS. The van der Waals surface area contributed by atoms with Gasteiger partial charge in [0.25, 0.3) is 0 Å². The molecule has 2 heterocycles. The first-order chi connectivity index (χ1) is 8.40. The average molecular weight is 290 g/mol. The first kappa shape index (κ1) is 13.9. The quantitative estimate of drug-likeness (QED) is 0.624. The molecule has 18 heavy (non-hydrogen) atoms. The second-order valence-electron chi connectivity index (χ2n) is 4.56. The molecule has 0 amide bonds. The fourth-order valence-electron chi connectivity index (χ4n) is 1.49. The summed E-state index contributed by atoms with van der Waals surface area (Å²) in [6, 6.07) is 3.21. The monoisotopic (exact) mass is 290 g/mol. The number of hydrogen-bond acceptors (Lipinski definition) is 6. The number of furan rings is 1. The molecule has 7 heteroatoms. The lowest BCUT2D eigenvalue weighted by Gasteiger charge is -2.34. The maximum absolute atomic E-state index is 12.3. The van der Waals surface area contributed by atoms with Crippen molar-refractivity contribution in [1.29, 1.82) is 0 Å². The third-order valence-electron chi connectivity index (χ3n) is 2.46. The van der Waals surface area contributed by atoms with Crippen LogP contribution < -0.4 is 0 Å². The molecule has 0 radical (unpaired) electrons. The van der Waals surface area contributed by atoms with Gasteiger partial charge in [-0.2, -0.15) is 0 Å². The highest BCUT2D eigenvalue weighted by molar-refractivity contribution is 8.55. The normalized spacial score (nSPS) is 27.0. The minimum atomic E-state index is -3.24. The fourth-order valence-corrected chi connectivity index (χ4v) is 5.13. The van der Waals surface area contributed by atoms with Crippen LogP contribution in [-0.4, -0.2) is 23.7 Å². The lowest BCUT2D eigenvalue weighted by atomic mass is 10.1. The van der Waals surface area contributed by atoms with Crippen LogP contribution >= 0.6 is 18.2 Å². The number of ketones is 1. The van der Waals surface area contributed by atoms with Gasteiger partial charge in [-0.3, -0.25) is 9.32 Å². The molecule has 0 spiro atoms. The van der Waals surface area contributed by atoms with Gasteiger partial charge >= 0.3 is 6.80 Å². The van der Waals surface area contributed by atoms with Gasteiger partial charge in [0.05, 0.1) is 24.2 Å². The van der Waals surface area contributed by atoms with E-state index in [0.717, 1.165) is 11.4 Å². The Hall–Kier alpha value is -0.550. The highest BCUT2D eigenvalue weighted by atomic mass is 32.7. The predicted molar refractivity (Wildman–Crippen MR) is 68.8 cm³/mol. The Balaban J connectivity index is 1.93. The lowest BCUT2D eigenvalue weighted by Crippen LogP contribution is -2.29. The Morgan fingerprint density at radius 2 is 2.33 bits per heavy atom. The molecule has 0 aliphatic carbocycles. The van der Waals surface area contributed by atoms with E-state index >= 15 is 0 Å². The molecule has 5 nitrogen and oxygen atoms in total. The van der Waals surface area contributed by atoms with Gasteiger partial charge in [0.15, 0.2) is 5.76 Å². The minimum Gasteiger partial charge on any atom is -0.461 e. The zero-order valence-electron chi connectivity index (χ0n) is 10.3. The lowest BCUT2D eigenvalue weighted by molar-refractivity contribution is 0.0280. The molecule has 100 valence electrons. The zero-order valence-corrected chi connectivity index (χ0v) is 12.0. The van der Waals surface area contributed by atoms with E-state index < -0.39 is 12.4 Å². The van der Waals surface area contributed by atoms with Crippen LogP contribution in [0.4, 0.5) is 0 Å². The van der Waals surface area contributed by atoms with Crippen molar-refractivity contribution in [3.8, 4) is 0 Å². The minimum absolute atomic E-state index is 0.0148. The van der Waals surface area contributed by atoms with Crippen LogP contribution in [0.2, 0.25) is 0 Å². The Bertz CT molecular complexity index is 468. The van der Waals surface area contributed by atoms with Gasteiger partial charge in [0, 0.05) is 6.42 Å². The average Bonchev–Trinajstić information content (AvgIpc) is 2.77. The van der Waals surface area contributed by atoms with Crippen LogP contribution in [0.3, 0.4) is 0 Å². The van der Waals surface area contributed by atoms with Crippen molar-refractivity contribution in [2.24, 2.45) is 0 Å². The van der Waals surface area contributed by atoms with E-state index in [0.29, 0.717) is 13.0 Å². The standard InChI is InChI=1S/C11H15O5PS/c1-11(2)5-7-15-17(13,16-11)18-8-9(12)10-4-3-6-14-10/h3-4,6H,5,7-8H2,1-2H3. The van der Waals surface area contributed by atoms with Crippen molar-refractivity contribution in [1.82, 2.24) is 0 Å². The van der Waals surface area contributed by atoms with Crippen molar-refractivity contribution >= 4 is 24.0 Å². The SMILES string of the molecule is CC1(C)CCOP(=O)(SCC(=O)c2ccco2)O1. The number of carbonyl (C=O) groups excluding carboxylic acids is 1. The highest BCUT2D eigenvalue weighted by Gasteiger charge is 2.39. The van der Waals surface area contributed by atoms with Crippen molar-refractivity contribution < 1.29 is 22.8 Å². The summed E-state index contributed by atoms with van der Waals surface area (Å²) >= 11 is 0.910. The molecule has 1 fully saturated rings. The second kappa shape index (κ2) is 5.21. The van der Waals surface area contributed by atoms with Crippen LogP contribution in [0, 0.1) is 0 Å². The van der Waals surface area contributed by atoms with E-state index in [1.165, 1.54) is 6.26 Å². The molecule has 1 unspecified atom stereocenters. The first-order valence-electron chi connectivity index (χ1n) is 5.57. The van der Waals surface area contributed by atoms with E-state index in [2.05, 4.69) is 0 Å². The van der Waals surface area contributed by atoms with E-state index in [1.54, 1.807) is 12.1 Å². The summed E-state index contributed by atoms with van der Waals surface area (Å²) in [5, 5.41) is 0. The summed E-state index contributed by atoms with van der Waals surface area (Å²) < 4.78 is 27.9. The maximum atomic E-state index is 12.3. The number of hydrogen-bond donors (Lipinski definition) is 0. The summed E-state index contributed by atoms with van der Waals surface area (Å²) in [5.41, 5.74) is -0.478. The molecule has 0 N–H and O–H groups in total. The molecule has 0 saturated carbocycles. The molecule has 0 bridgehead atoms. The van der Waals surface area contributed by atoms with Gasteiger partial charge < -0.3 is 8.94 Å². The van der Waals surface area contributed by atoms with Crippen molar-refractivity contribution in [3.05, 3.63) is 24.2 Å². The molecule has 0 aromatic carbocycles. The van der Waals surface area contributed by atoms with E-state index in [-0.39, 0.29) is 17.3 Å². The van der Waals surface area contributed by atoms with Gasteiger partial charge in [0.2, 0.25) is 5.78 Å². The van der Waals surface area contributed by atoms with E-state index in [4.69, 9.17) is 13.5 Å². The number of rotatable bonds is 4. The van der Waals surface area contributed by atoms with Gasteiger partial charge in [-0.1, -0.05) is 0 Å². The van der Waals surface area contributed by atoms with E-state index in [1.807, 2.05) is 13.8 Å². The Morgan fingerprint density at radius 3 is 2.94 bits per heavy atom. The Labute approximate surface area is 109 Å². The van der Waals surface area contributed by atoms with Crippen LogP contribution in [-0.2, 0) is 13.6 Å². The molecule has 2 rings (SSSR count). The summed E-state index contributed by atoms with van der Waals surface area (Å²) in [5.74, 6) is 0.0436. The second-order valence-corrected chi connectivity index (χ2v) is 8.55. The van der Waals surface area contributed by atoms with Crippen molar-refractivity contribution in [2.75, 3.05) is 12.4 Å². The largest absolute Gasteiger partial charge is 0.461 e. The molecule has 1 saturated heterocycles. The third kappa shape index (κ3) is 3.48. The topological polar surface area (TPSA) is 65.7 Å². The number of Topliss-reactive ketones (excluding diaryl/α,β-unsaturated/α-hetero) is 1. The summed E-state index contributed by atoms with van der Waals surface area (Å²) in [4.78, 5) is 11.7. The van der Waals surface area contributed by atoms with Crippen molar-refractivity contribution in [3.63, 3.8) is 0 Å². The van der Waals surface area contributed by atoms with Crippen LogP contribution in [0.25, 0.3) is 0 Å². The Kier molecular flexibility index (Phi) is 4.02. The van der Waals surface area contributed by atoms with Crippen LogP contribution in [0.1, 0.15) is 30.8 Å². The maximum Gasteiger partial charge on any atom is 0.390 e. The smallest absolute Gasteiger partial charge is 0.390 e. The molecule has 1 aliphatic heterocycles. The summed E-state index contributed by atoms with van der Waals surface area (Å²) in [7, 11) is 0. The fraction of sp³-hybridized carbons (Fsp3) is 0.545. The first-order valence-corrected chi connectivity index (χ1v) is 8.70. The van der Waals surface area contributed by atoms with Crippen molar-refractivity contribution in [2.45, 2.75) is 25.9 Å². The highest BCUT2D eigenvalue weighted by Crippen LogP contribution is 2.65. The van der Waals surface area contributed by atoms with E-state index in [9.17, 15) is 9.36 Å². The molecular weight excluding hydrogens is 275 g/mol. The van der Waals surface area contributed by atoms with Gasteiger partial charge in [-0.05, 0) is 37.4 Å². The number of carbonyl (C=O) groups is 1. The molecule has 1 aromatic heterocycles. The Morgan fingerprint density at radius 1 is 1.56 bits per heavy atom. The van der Waals surface area contributed by atoms with Gasteiger partial charge in [-0.15, -0.1) is 0 Å². The summed E-state index contributed by atoms with van der Waals surface area (Å²) in [6.07, 6.45) is 2.11. The van der Waals surface area contributed by atoms with Gasteiger partial charge in [-0.25, -0.2) is 4.57 Å². The zero-order chi connectivity index (χ0) is 13.2. The third-order valence-corrected chi connectivity index (χ3v) is 6.26. The summed E-state index contributed by atoms with van der Waals surface area (Å²) in [6.45, 7) is 0.861. The predicted octanol–water partition coefficient (Wildman–Crippen LogP) is 3.52.